The molecule has 12 heavy (non-hydrogen) atoms. The maximum Gasteiger partial charge on any atom is 0.219 e. The zero-order valence-electron chi connectivity index (χ0n) is 9.35. The zero-order chi connectivity index (χ0) is 10.1. The highest BCUT2D eigenvalue weighted by Gasteiger charge is 2.05. The minimum atomic E-state index is 0.153. The van der Waals surface area contributed by atoms with Crippen molar-refractivity contribution < 1.29 is 4.79 Å². The third kappa shape index (κ3) is 7.58. The molecule has 0 heterocycles. The molecule has 1 amide bonds. The largest absolute Gasteiger partial charge is 0.346 e. The van der Waals surface area contributed by atoms with Crippen LogP contribution in [0.1, 0.15) is 41.0 Å². The quantitative estimate of drug-likeness (QED) is 0.642. The molecule has 2 heteroatoms. The van der Waals surface area contributed by atoms with Crippen molar-refractivity contribution in [3.8, 4) is 0 Å². The standard InChI is InChI=1S/C8H17NO.C2H6/c1-5-7(2)6-9(4)8(3)10;1-2/h7H,5-6H2,1-4H3;1-2H3. The van der Waals surface area contributed by atoms with Gasteiger partial charge in [-0.05, 0) is 5.92 Å². The first-order valence-corrected chi connectivity index (χ1v) is 4.79. The van der Waals surface area contributed by atoms with E-state index >= 15 is 0 Å². The monoisotopic (exact) mass is 173 g/mol. The van der Waals surface area contributed by atoms with Gasteiger partial charge in [0.25, 0.3) is 0 Å². The Morgan fingerprint density at radius 3 is 2.08 bits per heavy atom. The van der Waals surface area contributed by atoms with Crippen molar-refractivity contribution in [2.45, 2.75) is 41.0 Å². The molecule has 0 rings (SSSR count). The first-order chi connectivity index (χ1) is 5.57. The predicted octanol–water partition coefficient (Wildman–Crippen LogP) is 2.54. The van der Waals surface area contributed by atoms with E-state index in [9.17, 15) is 4.79 Å². The normalized spacial score (nSPS) is 11.2. The topological polar surface area (TPSA) is 20.3 Å². The van der Waals surface area contributed by atoms with Gasteiger partial charge >= 0.3 is 0 Å². The number of hydrogen-bond acceptors (Lipinski definition) is 1. The summed E-state index contributed by atoms with van der Waals surface area (Å²) in [5.41, 5.74) is 0. The number of hydrogen-bond donors (Lipinski definition) is 0. The van der Waals surface area contributed by atoms with E-state index in [1.807, 2.05) is 20.9 Å². The van der Waals surface area contributed by atoms with Crippen LogP contribution in [0.5, 0.6) is 0 Å². The summed E-state index contributed by atoms with van der Waals surface area (Å²) in [6, 6.07) is 0. The van der Waals surface area contributed by atoms with E-state index in [1.165, 1.54) is 0 Å². The SMILES string of the molecule is CC.CCC(C)CN(C)C(C)=O. The summed E-state index contributed by atoms with van der Waals surface area (Å²) >= 11 is 0. The molecule has 0 aromatic rings. The summed E-state index contributed by atoms with van der Waals surface area (Å²) in [6.07, 6.45) is 1.14. The summed E-state index contributed by atoms with van der Waals surface area (Å²) in [5, 5.41) is 0. The molecule has 0 aliphatic rings. The molecule has 0 saturated carbocycles. The Labute approximate surface area is 77.0 Å². The lowest BCUT2D eigenvalue weighted by Crippen LogP contribution is -2.28. The van der Waals surface area contributed by atoms with Gasteiger partial charge in [0.05, 0.1) is 0 Å². The fraction of sp³-hybridized carbons (Fsp3) is 0.900. The minimum Gasteiger partial charge on any atom is -0.346 e. The van der Waals surface area contributed by atoms with Crippen LogP contribution in [0.2, 0.25) is 0 Å². The van der Waals surface area contributed by atoms with Crippen molar-refractivity contribution in [1.82, 2.24) is 4.90 Å². The molecule has 0 aliphatic carbocycles. The van der Waals surface area contributed by atoms with Crippen LogP contribution in [0.15, 0.2) is 0 Å². The summed E-state index contributed by atoms with van der Waals surface area (Å²) < 4.78 is 0. The van der Waals surface area contributed by atoms with Crippen LogP contribution in [0.25, 0.3) is 0 Å². The Kier molecular flexibility index (Phi) is 10.0. The van der Waals surface area contributed by atoms with Gasteiger partial charge in [-0.1, -0.05) is 34.1 Å². The molecule has 74 valence electrons. The molecule has 0 saturated heterocycles. The molecular weight excluding hydrogens is 150 g/mol. The van der Waals surface area contributed by atoms with E-state index in [-0.39, 0.29) is 5.91 Å². The highest BCUT2D eigenvalue weighted by Crippen LogP contribution is 2.01. The van der Waals surface area contributed by atoms with Gasteiger partial charge in [-0.2, -0.15) is 0 Å². The highest BCUT2D eigenvalue weighted by molar-refractivity contribution is 5.72. The second-order valence-electron chi connectivity index (χ2n) is 2.91. The number of rotatable bonds is 3. The second kappa shape index (κ2) is 8.57. The third-order valence-corrected chi connectivity index (χ3v) is 1.82. The number of nitrogens with zero attached hydrogens (tertiary/aromatic N) is 1. The number of amides is 1. The van der Waals surface area contributed by atoms with Gasteiger partial charge in [0, 0.05) is 20.5 Å². The molecule has 0 radical (unpaired) electrons. The highest BCUT2D eigenvalue weighted by atomic mass is 16.2. The Bertz CT molecular complexity index is 112. The summed E-state index contributed by atoms with van der Waals surface area (Å²) in [7, 11) is 1.84. The maximum atomic E-state index is 10.7. The van der Waals surface area contributed by atoms with Crippen LogP contribution in [0.3, 0.4) is 0 Å². The van der Waals surface area contributed by atoms with Crippen LogP contribution in [-0.4, -0.2) is 24.4 Å². The molecule has 0 aromatic heterocycles. The third-order valence-electron chi connectivity index (χ3n) is 1.82. The van der Waals surface area contributed by atoms with Crippen molar-refractivity contribution in [2.24, 2.45) is 5.92 Å². The van der Waals surface area contributed by atoms with E-state index in [1.54, 1.807) is 11.8 Å². The molecule has 0 fully saturated rings. The predicted molar refractivity (Wildman–Crippen MR) is 54.1 cm³/mol. The van der Waals surface area contributed by atoms with Crippen molar-refractivity contribution in [3.05, 3.63) is 0 Å². The van der Waals surface area contributed by atoms with Gasteiger partial charge in [0.1, 0.15) is 0 Å². The van der Waals surface area contributed by atoms with E-state index in [4.69, 9.17) is 0 Å². The summed E-state index contributed by atoms with van der Waals surface area (Å²) in [4.78, 5) is 12.5. The van der Waals surface area contributed by atoms with Crippen molar-refractivity contribution >= 4 is 5.91 Å². The van der Waals surface area contributed by atoms with Crippen LogP contribution >= 0.6 is 0 Å². The average molecular weight is 173 g/mol. The lowest BCUT2D eigenvalue weighted by atomic mass is 10.1. The number of carbonyl (C=O) groups excluding carboxylic acids is 1. The van der Waals surface area contributed by atoms with Crippen LogP contribution in [-0.2, 0) is 4.79 Å². The number of carbonyl (C=O) groups is 1. The van der Waals surface area contributed by atoms with Crippen molar-refractivity contribution in [3.63, 3.8) is 0 Å². The maximum absolute atomic E-state index is 10.7. The molecular formula is C10H23NO. The first-order valence-electron chi connectivity index (χ1n) is 4.79. The van der Waals surface area contributed by atoms with Crippen LogP contribution < -0.4 is 0 Å². The van der Waals surface area contributed by atoms with Gasteiger partial charge < -0.3 is 4.90 Å². The van der Waals surface area contributed by atoms with Gasteiger partial charge in [0.15, 0.2) is 0 Å². The Morgan fingerprint density at radius 2 is 1.83 bits per heavy atom. The fourth-order valence-corrected chi connectivity index (χ4v) is 0.725. The molecule has 1 unspecified atom stereocenters. The average Bonchev–Trinajstić information content (AvgIpc) is 2.07. The lowest BCUT2D eigenvalue weighted by molar-refractivity contribution is -0.128. The second-order valence-corrected chi connectivity index (χ2v) is 2.91. The molecule has 2 nitrogen and oxygen atoms in total. The Morgan fingerprint density at radius 1 is 1.42 bits per heavy atom. The fourth-order valence-electron chi connectivity index (χ4n) is 0.725. The summed E-state index contributed by atoms with van der Waals surface area (Å²) in [6.45, 7) is 10.8. The van der Waals surface area contributed by atoms with Gasteiger partial charge in [0.2, 0.25) is 5.91 Å². The smallest absolute Gasteiger partial charge is 0.219 e. The molecule has 0 N–H and O–H groups in total. The molecule has 0 spiro atoms. The molecule has 0 bridgehead atoms. The zero-order valence-corrected chi connectivity index (χ0v) is 9.35. The first kappa shape index (κ1) is 14.0. The minimum absolute atomic E-state index is 0.153. The van der Waals surface area contributed by atoms with Crippen LogP contribution in [0, 0.1) is 5.92 Å². The lowest BCUT2D eigenvalue weighted by Gasteiger charge is -2.18. The van der Waals surface area contributed by atoms with E-state index < -0.39 is 0 Å². The van der Waals surface area contributed by atoms with Gasteiger partial charge in [-0.25, -0.2) is 0 Å². The van der Waals surface area contributed by atoms with E-state index in [0.29, 0.717) is 5.92 Å². The van der Waals surface area contributed by atoms with Gasteiger partial charge in [-0.3, -0.25) is 4.79 Å². The Hall–Kier alpha value is -0.530. The molecule has 1 atom stereocenters. The van der Waals surface area contributed by atoms with Crippen molar-refractivity contribution in [1.29, 1.82) is 0 Å². The van der Waals surface area contributed by atoms with E-state index in [2.05, 4.69) is 13.8 Å². The van der Waals surface area contributed by atoms with Crippen LogP contribution in [0.4, 0.5) is 0 Å². The molecule has 0 aromatic carbocycles. The van der Waals surface area contributed by atoms with Crippen molar-refractivity contribution in [2.75, 3.05) is 13.6 Å². The van der Waals surface area contributed by atoms with Gasteiger partial charge in [-0.15, -0.1) is 0 Å². The summed E-state index contributed by atoms with van der Waals surface area (Å²) in [5.74, 6) is 0.772. The van der Waals surface area contributed by atoms with E-state index in [0.717, 1.165) is 13.0 Å². The molecule has 0 aliphatic heterocycles. The Balaban J connectivity index is 0.